The number of unbranched alkanes of at least 4 members (excludes halogenated alkanes) is 1. The third-order valence-electron chi connectivity index (χ3n) is 3.01. The van der Waals surface area contributed by atoms with Gasteiger partial charge in [0, 0.05) is 17.5 Å². The van der Waals surface area contributed by atoms with Crippen molar-refractivity contribution < 1.29 is 8.78 Å². The molecule has 0 saturated carbocycles. The van der Waals surface area contributed by atoms with E-state index >= 15 is 0 Å². The average molecular weight is 305 g/mol. The highest BCUT2D eigenvalue weighted by atomic mass is 19.1. The fraction of sp³-hybridized carbons (Fsp3) is 0.150. The lowest BCUT2D eigenvalue weighted by molar-refractivity contribution is 0.623. The molecule has 0 unspecified atom stereocenters. The number of rotatable bonds is 1. The first-order valence-electron chi connectivity index (χ1n) is 7.14. The number of halogens is 2. The van der Waals surface area contributed by atoms with Gasteiger partial charge in [-0.15, -0.1) is 0 Å². The minimum atomic E-state index is -0.638. The SMILES string of the molecule is CCCC#Cc1ccc(C#Cc2ccc(C#N)c(F)c2)c(F)c1. The molecule has 0 aromatic heterocycles. The normalized spacial score (nSPS) is 9.13. The number of hydrogen-bond donors (Lipinski definition) is 0. The zero-order valence-electron chi connectivity index (χ0n) is 12.6. The van der Waals surface area contributed by atoms with Crippen LogP contribution in [0.3, 0.4) is 0 Å². The van der Waals surface area contributed by atoms with Crippen molar-refractivity contribution in [1.29, 1.82) is 5.26 Å². The molecule has 112 valence electrons. The van der Waals surface area contributed by atoms with Crippen LogP contribution in [0.15, 0.2) is 36.4 Å². The Morgan fingerprint density at radius 2 is 1.48 bits per heavy atom. The molecule has 0 amide bonds. The van der Waals surface area contributed by atoms with Gasteiger partial charge in [0.15, 0.2) is 0 Å². The molecule has 0 radical (unpaired) electrons. The number of nitriles is 1. The molecule has 0 spiro atoms. The summed E-state index contributed by atoms with van der Waals surface area (Å²) >= 11 is 0. The van der Waals surface area contributed by atoms with Crippen molar-refractivity contribution in [2.45, 2.75) is 19.8 Å². The number of nitrogens with zero attached hydrogens (tertiary/aromatic N) is 1. The van der Waals surface area contributed by atoms with E-state index in [2.05, 4.69) is 23.7 Å². The van der Waals surface area contributed by atoms with Crippen molar-refractivity contribution in [2.75, 3.05) is 0 Å². The molecule has 2 rings (SSSR count). The molecule has 0 saturated heterocycles. The standard InChI is InChI=1S/C20H13F2N/c1-2-3-4-5-15-6-9-17(19(21)12-15)10-7-16-8-11-18(14-23)20(22)13-16/h6,8-9,11-13H,2-3H2,1H3. The molecule has 0 heterocycles. The van der Waals surface area contributed by atoms with E-state index < -0.39 is 11.6 Å². The van der Waals surface area contributed by atoms with E-state index in [1.165, 1.54) is 18.2 Å². The predicted octanol–water partition coefficient (Wildman–Crippen LogP) is 4.39. The third kappa shape index (κ3) is 4.44. The summed E-state index contributed by atoms with van der Waals surface area (Å²) in [6, 6.07) is 10.4. The first-order chi connectivity index (χ1) is 11.1. The molecule has 0 fully saturated rings. The van der Waals surface area contributed by atoms with Gasteiger partial charge in [-0.05, 0) is 42.8 Å². The fourth-order valence-electron chi connectivity index (χ4n) is 1.81. The molecule has 0 aliphatic carbocycles. The molecule has 0 atom stereocenters. The highest BCUT2D eigenvalue weighted by molar-refractivity contribution is 5.48. The van der Waals surface area contributed by atoms with Crippen molar-refractivity contribution in [1.82, 2.24) is 0 Å². The zero-order valence-corrected chi connectivity index (χ0v) is 12.6. The van der Waals surface area contributed by atoms with Gasteiger partial charge in [0.05, 0.1) is 11.1 Å². The van der Waals surface area contributed by atoms with Crippen molar-refractivity contribution in [3.8, 4) is 29.8 Å². The van der Waals surface area contributed by atoms with Crippen LogP contribution in [-0.2, 0) is 0 Å². The summed E-state index contributed by atoms with van der Waals surface area (Å²) in [6.07, 6.45) is 1.73. The van der Waals surface area contributed by atoms with E-state index in [1.54, 1.807) is 18.2 Å². The first kappa shape index (κ1) is 16.3. The molecule has 0 aliphatic rings. The summed E-state index contributed by atoms with van der Waals surface area (Å²) in [4.78, 5) is 0. The number of hydrogen-bond acceptors (Lipinski definition) is 1. The van der Waals surface area contributed by atoms with Crippen LogP contribution in [0, 0.1) is 46.6 Å². The first-order valence-corrected chi connectivity index (χ1v) is 7.14. The summed E-state index contributed by atoms with van der Waals surface area (Å²) in [7, 11) is 0. The number of benzene rings is 2. The third-order valence-corrected chi connectivity index (χ3v) is 3.01. The van der Waals surface area contributed by atoms with Crippen LogP contribution in [0.1, 0.15) is 42.0 Å². The van der Waals surface area contributed by atoms with Crippen LogP contribution in [0.4, 0.5) is 8.78 Å². The van der Waals surface area contributed by atoms with Gasteiger partial charge in [-0.25, -0.2) is 8.78 Å². The van der Waals surface area contributed by atoms with Crippen LogP contribution in [0.5, 0.6) is 0 Å². The van der Waals surface area contributed by atoms with Crippen LogP contribution in [-0.4, -0.2) is 0 Å². The summed E-state index contributed by atoms with van der Waals surface area (Å²) in [6.45, 7) is 2.03. The summed E-state index contributed by atoms with van der Waals surface area (Å²) in [5.41, 5.74) is 1.16. The highest BCUT2D eigenvalue weighted by Gasteiger charge is 2.02. The quantitative estimate of drug-likeness (QED) is 0.717. The molecular formula is C20H13F2N. The van der Waals surface area contributed by atoms with E-state index in [9.17, 15) is 8.78 Å². The van der Waals surface area contributed by atoms with E-state index in [-0.39, 0.29) is 11.1 Å². The monoisotopic (exact) mass is 305 g/mol. The predicted molar refractivity (Wildman–Crippen MR) is 85.3 cm³/mol. The molecule has 23 heavy (non-hydrogen) atoms. The maximum absolute atomic E-state index is 14.0. The van der Waals surface area contributed by atoms with E-state index in [0.717, 1.165) is 18.9 Å². The highest BCUT2D eigenvalue weighted by Crippen LogP contribution is 2.11. The minimum Gasteiger partial charge on any atom is -0.206 e. The van der Waals surface area contributed by atoms with Gasteiger partial charge in [-0.1, -0.05) is 30.6 Å². The van der Waals surface area contributed by atoms with Crippen LogP contribution < -0.4 is 0 Å². The molecule has 0 N–H and O–H groups in total. The van der Waals surface area contributed by atoms with E-state index in [0.29, 0.717) is 11.1 Å². The van der Waals surface area contributed by atoms with Gasteiger partial charge in [0.2, 0.25) is 0 Å². The van der Waals surface area contributed by atoms with Crippen molar-refractivity contribution in [3.63, 3.8) is 0 Å². The zero-order chi connectivity index (χ0) is 16.7. The molecule has 0 bridgehead atoms. The molecule has 2 aromatic rings. The van der Waals surface area contributed by atoms with Crippen molar-refractivity contribution >= 4 is 0 Å². The summed E-state index contributed by atoms with van der Waals surface area (Å²) in [5, 5.41) is 8.67. The van der Waals surface area contributed by atoms with Crippen LogP contribution in [0.25, 0.3) is 0 Å². The van der Waals surface area contributed by atoms with E-state index in [4.69, 9.17) is 5.26 Å². The molecule has 1 nitrogen and oxygen atoms in total. The van der Waals surface area contributed by atoms with Gasteiger partial charge in [-0.2, -0.15) is 5.26 Å². The largest absolute Gasteiger partial charge is 0.206 e. The minimum absolute atomic E-state index is 0.0447. The lowest BCUT2D eigenvalue weighted by atomic mass is 10.1. The van der Waals surface area contributed by atoms with Gasteiger partial charge in [-0.3, -0.25) is 0 Å². The average Bonchev–Trinajstić information content (AvgIpc) is 2.54. The van der Waals surface area contributed by atoms with E-state index in [1.807, 2.05) is 6.92 Å². The Hall–Kier alpha value is -3.09. The topological polar surface area (TPSA) is 23.8 Å². The summed E-state index contributed by atoms with van der Waals surface area (Å²) < 4.78 is 27.4. The van der Waals surface area contributed by atoms with Crippen LogP contribution in [0.2, 0.25) is 0 Å². The second kappa shape index (κ2) is 7.79. The van der Waals surface area contributed by atoms with Crippen LogP contribution >= 0.6 is 0 Å². The molecular weight excluding hydrogens is 292 g/mol. The van der Waals surface area contributed by atoms with Crippen molar-refractivity contribution in [3.05, 3.63) is 70.3 Å². The van der Waals surface area contributed by atoms with Crippen molar-refractivity contribution in [2.24, 2.45) is 0 Å². The van der Waals surface area contributed by atoms with Gasteiger partial charge in [0.25, 0.3) is 0 Å². The molecule has 3 heteroatoms. The fourth-order valence-corrected chi connectivity index (χ4v) is 1.81. The lowest BCUT2D eigenvalue weighted by Crippen LogP contribution is -1.87. The van der Waals surface area contributed by atoms with Gasteiger partial charge >= 0.3 is 0 Å². The Kier molecular flexibility index (Phi) is 5.51. The second-order valence-electron chi connectivity index (χ2n) is 4.80. The Morgan fingerprint density at radius 1 is 0.870 bits per heavy atom. The van der Waals surface area contributed by atoms with Gasteiger partial charge in [0.1, 0.15) is 17.7 Å². The lowest BCUT2D eigenvalue weighted by Gasteiger charge is -1.96. The molecule has 2 aromatic carbocycles. The Morgan fingerprint density at radius 3 is 2.04 bits per heavy atom. The Bertz CT molecular complexity index is 884. The molecule has 0 aliphatic heterocycles. The second-order valence-corrected chi connectivity index (χ2v) is 4.80. The smallest absolute Gasteiger partial charge is 0.142 e. The Labute approximate surface area is 134 Å². The summed E-state index contributed by atoms with van der Waals surface area (Å²) in [5.74, 6) is 10.1. The Balaban J connectivity index is 2.24. The maximum Gasteiger partial charge on any atom is 0.142 e. The maximum atomic E-state index is 14.0. The van der Waals surface area contributed by atoms with Gasteiger partial charge < -0.3 is 0 Å².